The number of halogens is 1. The molecule has 0 aromatic carbocycles. The standard InChI is InChI=1S/C14H27BrO2/c1-3-5-6-7-8-9-10-11-17-14(16)12-13(15)4-2/h13H,3-12H2,1-2H3. The summed E-state index contributed by atoms with van der Waals surface area (Å²) in [4.78, 5) is 11.6. The van der Waals surface area contributed by atoms with Gasteiger partial charge in [-0.05, 0) is 12.8 Å². The summed E-state index contributed by atoms with van der Waals surface area (Å²) in [6, 6.07) is 0. The summed E-state index contributed by atoms with van der Waals surface area (Å²) in [6.07, 6.45) is 10.2. The summed E-state index contributed by atoms with van der Waals surface area (Å²) in [7, 11) is 0. The third kappa shape index (κ3) is 12.2. The SMILES string of the molecule is CCCCCCCCCOC(=O)CC(Br)CC. The molecule has 3 heteroatoms. The molecule has 0 aromatic heterocycles. The molecular formula is C14H27BrO2. The van der Waals surface area contributed by atoms with Crippen LogP contribution in [-0.2, 0) is 9.53 Å². The zero-order valence-corrected chi connectivity index (χ0v) is 12.9. The monoisotopic (exact) mass is 306 g/mol. The van der Waals surface area contributed by atoms with Gasteiger partial charge in [0.1, 0.15) is 0 Å². The summed E-state index contributed by atoms with van der Waals surface area (Å²) in [5.41, 5.74) is 0. The van der Waals surface area contributed by atoms with Crippen LogP contribution >= 0.6 is 15.9 Å². The highest BCUT2D eigenvalue weighted by Gasteiger charge is 2.09. The highest BCUT2D eigenvalue weighted by molar-refractivity contribution is 9.09. The van der Waals surface area contributed by atoms with E-state index in [2.05, 4.69) is 29.8 Å². The van der Waals surface area contributed by atoms with Crippen LogP contribution in [0.2, 0.25) is 0 Å². The molecule has 0 saturated carbocycles. The van der Waals surface area contributed by atoms with Crippen LogP contribution in [0.4, 0.5) is 0 Å². The number of carbonyl (C=O) groups is 1. The van der Waals surface area contributed by atoms with Crippen LogP contribution in [0.3, 0.4) is 0 Å². The number of rotatable bonds is 11. The molecule has 0 aromatic rings. The topological polar surface area (TPSA) is 26.3 Å². The first kappa shape index (κ1) is 16.9. The molecule has 0 saturated heterocycles. The van der Waals surface area contributed by atoms with Crippen LogP contribution in [0.1, 0.15) is 71.6 Å². The van der Waals surface area contributed by atoms with Gasteiger partial charge in [0.05, 0.1) is 13.0 Å². The Labute approximate surface area is 115 Å². The van der Waals surface area contributed by atoms with E-state index in [1.165, 1.54) is 38.5 Å². The Balaban J connectivity index is 3.19. The van der Waals surface area contributed by atoms with Crippen molar-refractivity contribution in [3.05, 3.63) is 0 Å². The van der Waals surface area contributed by atoms with Gasteiger partial charge in [0.25, 0.3) is 0 Å². The summed E-state index contributed by atoms with van der Waals surface area (Å²) >= 11 is 3.43. The maximum Gasteiger partial charge on any atom is 0.306 e. The Bertz CT molecular complexity index is 183. The third-order valence-corrected chi connectivity index (χ3v) is 3.81. The molecule has 2 nitrogen and oxygen atoms in total. The van der Waals surface area contributed by atoms with Gasteiger partial charge in [0.2, 0.25) is 0 Å². The van der Waals surface area contributed by atoms with Crippen molar-refractivity contribution in [2.75, 3.05) is 6.61 Å². The second-order valence-corrected chi connectivity index (χ2v) is 5.85. The van der Waals surface area contributed by atoms with E-state index in [1.807, 2.05) is 0 Å². The van der Waals surface area contributed by atoms with Gasteiger partial charge in [-0.2, -0.15) is 0 Å². The van der Waals surface area contributed by atoms with Gasteiger partial charge < -0.3 is 4.74 Å². The molecule has 0 amide bonds. The molecule has 0 fully saturated rings. The average molecular weight is 307 g/mol. The molecule has 0 radical (unpaired) electrons. The minimum atomic E-state index is -0.0697. The second-order valence-electron chi connectivity index (χ2n) is 4.55. The van der Waals surface area contributed by atoms with Crippen LogP contribution in [0.15, 0.2) is 0 Å². The fourth-order valence-corrected chi connectivity index (χ4v) is 1.89. The molecule has 0 N–H and O–H groups in total. The van der Waals surface area contributed by atoms with E-state index in [4.69, 9.17) is 4.74 Å². The predicted molar refractivity (Wildman–Crippen MR) is 76.6 cm³/mol. The average Bonchev–Trinajstić information content (AvgIpc) is 2.32. The van der Waals surface area contributed by atoms with E-state index in [0.717, 1.165) is 12.8 Å². The van der Waals surface area contributed by atoms with Crippen molar-refractivity contribution < 1.29 is 9.53 Å². The molecule has 0 aliphatic rings. The maximum absolute atomic E-state index is 11.3. The summed E-state index contributed by atoms with van der Waals surface area (Å²) in [5, 5.41) is 0. The molecule has 102 valence electrons. The van der Waals surface area contributed by atoms with Gasteiger partial charge in [-0.25, -0.2) is 0 Å². The van der Waals surface area contributed by atoms with E-state index in [-0.39, 0.29) is 10.8 Å². The largest absolute Gasteiger partial charge is 0.466 e. The van der Waals surface area contributed by atoms with Gasteiger partial charge in [-0.3, -0.25) is 4.79 Å². The number of esters is 1. The van der Waals surface area contributed by atoms with Crippen molar-refractivity contribution >= 4 is 21.9 Å². The van der Waals surface area contributed by atoms with Crippen LogP contribution in [0.5, 0.6) is 0 Å². The van der Waals surface area contributed by atoms with Crippen molar-refractivity contribution in [1.29, 1.82) is 0 Å². The number of hydrogen-bond donors (Lipinski definition) is 0. The zero-order valence-electron chi connectivity index (χ0n) is 11.3. The first-order chi connectivity index (χ1) is 8.20. The summed E-state index contributed by atoms with van der Waals surface area (Å²) in [5.74, 6) is -0.0697. The fraction of sp³-hybridized carbons (Fsp3) is 0.929. The van der Waals surface area contributed by atoms with E-state index in [9.17, 15) is 4.79 Å². The Hall–Kier alpha value is -0.0500. The van der Waals surface area contributed by atoms with Crippen LogP contribution in [0.25, 0.3) is 0 Å². The van der Waals surface area contributed by atoms with Crippen molar-refractivity contribution in [1.82, 2.24) is 0 Å². The molecule has 0 aliphatic heterocycles. The lowest BCUT2D eigenvalue weighted by atomic mass is 10.1. The summed E-state index contributed by atoms with van der Waals surface area (Å²) in [6.45, 7) is 4.88. The quantitative estimate of drug-likeness (QED) is 0.310. The maximum atomic E-state index is 11.3. The number of carbonyl (C=O) groups excluding carboxylic acids is 1. The molecule has 0 spiro atoms. The zero-order chi connectivity index (χ0) is 12.9. The number of hydrogen-bond acceptors (Lipinski definition) is 2. The lowest BCUT2D eigenvalue weighted by molar-refractivity contribution is -0.143. The molecular weight excluding hydrogens is 280 g/mol. The van der Waals surface area contributed by atoms with Gasteiger partial charge in [0.15, 0.2) is 0 Å². The Morgan fingerprint density at radius 2 is 1.65 bits per heavy atom. The minimum Gasteiger partial charge on any atom is -0.466 e. The highest BCUT2D eigenvalue weighted by atomic mass is 79.9. The number of unbranched alkanes of at least 4 members (excludes halogenated alkanes) is 6. The second kappa shape index (κ2) is 12.4. The fourth-order valence-electron chi connectivity index (χ4n) is 1.63. The Kier molecular flexibility index (Phi) is 12.4. The third-order valence-electron chi connectivity index (χ3n) is 2.84. The smallest absolute Gasteiger partial charge is 0.306 e. The lowest BCUT2D eigenvalue weighted by Crippen LogP contribution is -2.11. The van der Waals surface area contributed by atoms with Crippen LogP contribution < -0.4 is 0 Å². The van der Waals surface area contributed by atoms with Crippen molar-refractivity contribution in [2.45, 2.75) is 76.5 Å². The van der Waals surface area contributed by atoms with E-state index < -0.39 is 0 Å². The molecule has 0 rings (SSSR count). The molecule has 0 heterocycles. The highest BCUT2D eigenvalue weighted by Crippen LogP contribution is 2.11. The number of ether oxygens (including phenoxy) is 1. The Morgan fingerprint density at radius 1 is 1.06 bits per heavy atom. The van der Waals surface area contributed by atoms with Gasteiger partial charge in [-0.15, -0.1) is 0 Å². The predicted octanol–water partition coefficient (Wildman–Crippen LogP) is 4.84. The van der Waals surface area contributed by atoms with Crippen molar-refractivity contribution in [2.24, 2.45) is 0 Å². The van der Waals surface area contributed by atoms with Crippen molar-refractivity contribution in [3.8, 4) is 0 Å². The Morgan fingerprint density at radius 3 is 2.24 bits per heavy atom. The number of alkyl halides is 1. The molecule has 1 atom stereocenters. The van der Waals surface area contributed by atoms with Crippen molar-refractivity contribution in [3.63, 3.8) is 0 Å². The molecule has 17 heavy (non-hydrogen) atoms. The van der Waals surface area contributed by atoms with Gasteiger partial charge in [0, 0.05) is 4.83 Å². The summed E-state index contributed by atoms with van der Waals surface area (Å²) < 4.78 is 5.17. The molecule has 1 unspecified atom stereocenters. The van der Waals surface area contributed by atoms with Crippen LogP contribution in [0, 0.1) is 0 Å². The molecule has 0 aliphatic carbocycles. The van der Waals surface area contributed by atoms with Gasteiger partial charge >= 0.3 is 5.97 Å². The lowest BCUT2D eigenvalue weighted by Gasteiger charge is -2.07. The van der Waals surface area contributed by atoms with Crippen LogP contribution in [-0.4, -0.2) is 17.4 Å². The molecule has 0 bridgehead atoms. The minimum absolute atomic E-state index is 0.0697. The first-order valence-corrected chi connectivity index (χ1v) is 7.92. The van der Waals surface area contributed by atoms with Gasteiger partial charge in [-0.1, -0.05) is 68.3 Å². The van der Waals surface area contributed by atoms with E-state index in [1.54, 1.807) is 0 Å². The first-order valence-electron chi connectivity index (χ1n) is 7.00. The normalized spacial score (nSPS) is 12.4. The van der Waals surface area contributed by atoms with E-state index in [0.29, 0.717) is 13.0 Å². The van der Waals surface area contributed by atoms with E-state index >= 15 is 0 Å².